The Morgan fingerprint density at radius 2 is 1.88 bits per heavy atom. The zero-order valence-corrected chi connectivity index (χ0v) is 19.5. The standard InChI is InChI=1S/C26H34N6O/c1-17-22(3-4-25-23(17)16-31(2)30-25)24-5-6-26(29-28-24)27-21-11-19-14-32(15-20(19)12-21)13-18-7-9-33-10-8-18/h3-6,16,18-21H,7-15H2,1-2H3,(H,27,29)/i13D2. The summed E-state index contributed by atoms with van der Waals surface area (Å²) in [7, 11) is 1.94. The van der Waals surface area contributed by atoms with E-state index in [4.69, 9.17) is 7.48 Å². The van der Waals surface area contributed by atoms with Gasteiger partial charge in [0.1, 0.15) is 5.82 Å². The lowest BCUT2D eigenvalue weighted by Gasteiger charge is -2.27. The molecule has 2 aromatic heterocycles. The molecule has 0 spiro atoms. The van der Waals surface area contributed by atoms with Gasteiger partial charge in [-0.3, -0.25) is 4.68 Å². The summed E-state index contributed by atoms with van der Waals surface area (Å²) in [4.78, 5) is 2.12. The van der Waals surface area contributed by atoms with Crippen LogP contribution in [0, 0.1) is 24.7 Å². The van der Waals surface area contributed by atoms with Crippen molar-refractivity contribution in [2.45, 2.75) is 38.6 Å². The molecule has 1 aliphatic carbocycles. The highest BCUT2D eigenvalue weighted by Gasteiger charge is 2.41. The second-order valence-electron chi connectivity index (χ2n) is 10.0. The zero-order valence-electron chi connectivity index (χ0n) is 21.5. The van der Waals surface area contributed by atoms with Crippen LogP contribution in [-0.2, 0) is 11.8 Å². The topological polar surface area (TPSA) is 68.1 Å². The summed E-state index contributed by atoms with van der Waals surface area (Å²) in [5, 5.41) is 18.2. The fourth-order valence-electron chi connectivity index (χ4n) is 6.00. The predicted molar refractivity (Wildman–Crippen MR) is 130 cm³/mol. The van der Waals surface area contributed by atoms with Gasteiger partial charge in [0.15, 0.2) is 0 Å². The molecule has 0 amide bonds. The van der Waals surface area contributed by atoms with Crippen LogP contribution in [0.4, 0.5) is 5.82 Å². The van der Waals surface area contributed by atoms with Crippen molar-refractivity contribution in [1.82, 2.24) is 24.9 Å². The molecule has 1 saturated carbocycles. The van der Waals surface area contributed by atoms with E-state index in [0.29, 0.717) is 31.1 Å². The lowest BCUT2D eigenvalue weighted by Crippen LogP contribution is -2.32. The molecule has 3 fully saturated rings. The molecule has 2 aliphatic heterocycles. The van der Waals surface area contributed by atoms with E-state index in [-0.39, 0.29) is 5.92 Å². The summed E-state index contributed by atoms with van der Waals surface area (Å²) in [6.07, 6.45) is 5.82. The number of nitrogens with one attached hydrogen (secondary N) is 1. The van der Waals surface area contributed by atoms with Crippen molar-refractivity contribution in [2.24, 2.45) is 24.8 Å². The number of anilines is 1. The van der Waals surface area contributed by atoms with Crippen LogP contribution in [0.25, 0.3) is 22.2 Å². The number of rotatable bonds is 5. The molecular formula is C26H34N6O. The molecule has 33 heavy (non-hydrogen) atoms. The van der Waals surface area contributed by atoms with Crippen LogP contribution in [0.15, 0.2) is 30.5 Å². The number of nitrogens with zero attached hydrogens (tertiary/aromatic N) is 5. The molecule has 1 aromatic carbocycles. The first-order valence-electron chi connectivity index (χ1n) is 13.2. The van der Waals surface area contributed by atoms with E-state index in [9.17, 15) is 0 Å². The van der Waals surface area contributed by atoms with Crippen molar-refractivity contribution in [3.8, 4) is 11.3 Å². The summed E-state index contributed by atoms with van der Waals surface area (Å²) in [6, 6.07) is 8.55. The summed E-state index contributed by atoms with van der Waals surface area (Å²) in [5.74, 6) is 1.99. The quantitative estimate of drug-likeness (QED) is 0.639. The van der Waals surface area contributed by atoms with E-state index in [1.54, 1.807) is 0 Å². The third-order valence-electron chi connectivity index (χ3n) is 7.70. The molecule has 6 rings (SSSR count). The Balaban J connectivity index is 1.08. The number of ether oxygens (including phenoxy) is 1. The molecule has 0 bridgehead atoms. The van der Waals surface area contributed by atoms with Gasteiger partial charge in [-0.2, -0.15) is 5.10 Å². The van der Waals surface area contributed by atoms with Gasteiger partial charge in [0.25, 0.3) is 0 Å². The first-order chi connectivity index (χ1) is 16.9. The van der Waals surface area contributed by atoms with Gasteiger partial charge in [-0.25, -0.2) is 0 Å². The number of hydrogen-bond donors (Lipinski definition) is 1. The zero-order chi connectivity index (χ0) is 24.2. The predicted octanol–water partition coefficient (Wildman–Crippen LogP) is 3.89. The van der Waals surface area contributed by atoms with Gasteiger partial charge in [0, 0.05) is 65.8 Å². The molecule has 3 aliphatic rings. The largest absolute Gasteiger partial charge is 0.381 e. The number of aryl methyl sites for hydroxylation is 2. The molecule has 7 heteroatoms. The van der Waals surface area contributed by atoms with Crippen molar-refractivity contribution < 1.29 is 7.48 Å². The second kappa shape index (κ2) is 8.69. The summed E-state index contributed by atoms with van der Waals surface area (Å²) in [6.45, 7) is 3.97. The Bertz CT molecular complexity index is 1190. The van der Waals surface area contributed by atoms with Crippen molar-refractivity contribution in [1.29, 1.82) is 0 Å². The first-order valence-corrected chi connectivity index (χ1v) is 12.2. The highest BCUT2D eigenvalue weighted by Crippen LogP contribution is 2.39. The van der Waals surface area contributed by atoms with Crippen molar-refractivity contribution in [2.75, 3.05) is 38.1 Å². The highest BCUT2D eigenvalue weighted by atomic mass is 16.5. The maximum Gasteiger partial charge on any atom is 0.148 e. The van der Waals surface area contributed by atoms with Crippen LogP contribution in [-0.4, -0.2) is 63.7 Å². The minimum atomic E-state index is -1.23. The Kier molecular flexibility index (Phi) is 4.97. The number of likely N-dealkylation sites (tertiary alicyclic amines) is 1. The van der Waals surface area contributed by atoms with Gasteiger partial charge in [0.2, 0.25) is 0 Å². The fourth-order valence-corrected chi connectivity index (χ4v) is 6.00. The highest BCUT2D eigenvalue weighted by molar-refractivity contribution is 5.88. The van der Waals surface area contributed by atoms with E-state index in [1.165, 1.54) is 5.56 Å². The van der Waals surface area contributed by atoms with Gasteiger partial charge in [0.05, 0.1) is 11.2 Å². The van der Waals surface area contributed by atoms with E-state index in [0.717, 1.165) is 66.8 Å². The normalized spacial score (nSPS) is 27.5. The average molecular weight is 449 g/mol. The average Bonchev–Trinajstić information content (AvgIpc) is 3.54. The van der Waals surface area contributed by atoms with E-state index >= 15 is 0 Å². The molecular weight excluding hydrogens is 412 g/mol. The molecule has 4 heterocycles. The van der Waals surface area contributed by atoms with Crippen molar-refractivity contribution in [3.05, 3.63) is 36.0 Å². The molecule has 174 valence electrons. The monoisotopic (exact) mass is 448 g/mol. The minimum absolute atomic E-state index is 0.0836. The fraction of sp³-hybridized carbons (Fsp3) is 0.577. The molecule has 7 nitrogen and oxygen atoms in total. The Labute approximate surface area is 198 Å². The first kappa shape index (κ1) is 18.9. The number of hydrogen-bond acceptors (Lipinski definition) is 6. The Morgan fingerprint density at radius 1 is 1.09 bits per heavy atom. The maximum atomic E-state index is 8.78. The third-order valence-corrected chi connectivity index (χ3v) is 7.70. The molecule has 2 atom stereocenters. The Morgan fingerprint density at radius 3 is 2.61 bits per heavy atom. The number of aromatic nitrogens is 4. The van der Waals surface area contributed by atoms with E-state index in [2.05, 4.69) is 38.5 Å². The Hall–Kier alpha value is -2.51. The van der Waals surface area contributed by atoms with Crippen molar-refractivity contribution in [3.63, 3.8) is 0 Å². The number of fused-ring (bicyclic) bond motifs is 2. The van der Waals surface area contributed by atoms with Crippen LogP contribution in [0.1, 0.15) is 34.0 Å². The van der Waals surface area contributed by atoms with Gasteiger partial charge < -0.3 is 15.0 Å². The summed E-state index contributed by atoms with van der Waals surface area (Å²) >= 11 is 0. The van der Waals surface area contributed by atoms with Gasteiger partial charge in [-0.05, 0) is 74.1 Å². The molecule has 2 saturated heterocycles. The minimum Gasteiger partial charge on any atom is -0.381 e. The molecule has 1 N–H and O–H groups in total. The van der Waals surface area contributed by atoms with Crippen LogP contribution in [0.5, 0.6) is 0 Å². The SMILES string of the molecule is [2H]C([2H])(C1CCOCC1)N1CC2CC(Nc3ccc(-c4ccc5nn(C)cc5c4C)nn3)CC2C1. The third kappa shape index (κ3) is 4.24. The summed E-state index contributed by atoms with van der Waals surface area (Å²) in [5.41, 5.74) is 4.11. The van der Waals surface area contributed by atoms with Gasteiger partial charge in [-0.15, -0.1) is 10.2 Å². The summed E-state index contributed by atoms with van der Waals surface area (Å²) < 4.78 is 24.8. The number of benzene rings is 1. The second-order valence-corrected chi connectivity index (χ2v) is 10.0. The van der Waals surface area contributed by atoms with E-state index < -0.39 is 6.50 Å². The lowest BCUT2D eigenvalue weighted by atomic mass is 10.00. The molecule has 2 unspecified atom stereocenters. The van der Waals surface area contributed by atoms with Gasteiger partial charge in [-0.1, -0.05) is 6.07 Å². The van der Waals surface area contributed by atoms with Crippen LogP contribution in [0.2, 0.25) is 0 Å². The smallest absolute Gasteiger partial charge is 0.148 e. The van der Waals surface area contributed by atoms with Crippen LogP contribution < -0.4 is 5.32 Å². The van der Waals surface area contributed by atoms with E-state index in [1.807, 2.05) is 36.1 Å². The van der Waals surface area contributed by atoms with Crippen LogP contribution in [0.3, 0.4) is 0 Å². The maximum absolute atomic E-state index is 8.78. The van der Waals surface area contributed by atoms with Gasteiger partial charge >= 0.3 is 0 Å². The lowest BCUT2D eigenvalue weighted by molar-refractivity contribution is 0.0545. The molecule has 0 radical (unpaired) electrons. The molecule has 3 aromatic rings. The van der Waals surface area contributed by atoms with Crippen LogP contribution >= 0.6 is 0 Å². The van der Waals surface area contributed by atoms with Crippen molar-refractivity contribution >= 4 is 16.7 Å².